The summed E-state index contributed by atoms with van der Waals surface area (Å²) in [5.74, 6) is 1.43. The number of fused-ring (bicyclic) bond motifs is 2. The van der Waals surface area contributed by atoms with E-state index >= 15 is 0 Å². The summed E-state index contributed by atoms with van der Waals surface area (Å²) >= 11 is 0. The number of furan rings is 1. The quantitative estimate of drug-likeness (QED) is 0.277. The minimum absolute atomic E-state index is 0.285. The topological polar surface area (TPSA) is 69.6 Å². The maximum absolute atomic E-state index is 13.3. The van der Waals surface area contributed by atoms with Crippen molar-refractivity contribution in [3.8, 4) is 17.3 Å². The molecule has 0 aliphatic rings. The van der Waals surface area contributed by atoms with Gasteiger partial charge in [0.1, 0.15) is 17.9 Å². The summed E-state index contributed by atoms with van der Waals surface area (Å²) < 4.78 is 13.0. The fourth-order valence-electron chi connectivity index (χ4n) is 3.47. The molecule has 5 aromatic rings. The van der Waals surface area contributed by atoms with Crippen LogP contribution in [-0.4, -0.2) is 22.5 Å². The number of nitrogens with zero attached hydrogens (tertiary/aromatic N) is 3. The molecular weight excluding hydrogens is 402 g/mol. The van der Waals surface area contributed by atoms with Gasteiger partial charge in [-0.2, -0.15) is 9.78 Å². The van der Waals surface area contributed by atoms with Crippen LogP contribution in [0.3, 0.4) is 0 Å². The van der Waals surface area contributed by atoms with Crippen LogP contribution in [0.1, 0.15) is 5.56 Å². The van der Waals surface area contributed by atoms with Gasteiger partial charge in [0.05, 0.1) is 17.1 Å². The highest BCUT2D eigenvalue weighted by Crippen LogP contribution is 2.27. The molecule has 0 saturated heterocycles. The summed E-state index contributed by atoms with van der Waals surface area (Å²) in [7, 11) is 0. The zero-order valence-corrected chi connectivity index (χ0v) is 17.1. The summed E-state index contributed by atoms with van der Waals surface area (Å²) in [6.45, 7) is 4.05. The lowest BCUT2D eigenvalue weighted by atomic mass is 10.2. The highest BCUT2D eigenvalue weighted by atomic mass is 16.5. The Balaban J connectivity index is 1.69. The van der Waals surface area contributed by atoms with E-state index in [1.165, 1.54) is 4.68 Å². The lowest BCUT2D eigenvalue weighted by molar-refractivity contribution is 0.362. The number of para-hydroxylation sites is 3. The van der Waals surface area contributed by atoms with Gasteiger partial charge in [-0.3, -0.25) is 4.79 Å². The van der Waals surface area contributed by atoms with E-state index in [9.17, 15) is 4.79 Å². The average Bonchev–Trinajstić information content (AvgIpc) is 3.27. The Labute approximate surface area is 183 Å². The Morgan fingerprint density at radius 3 is 2.69 bits per heavy atom. The summed E-state index contributed by atoms with van der Waals surface area (Å²) in [5.41, 5.74) is 1.73. The molecule has 6 heteroatoms. The van der Waals surface area contributed by atoms with Crippen LogP contribution in [0.4, 0.5) is 0 Å². The van der Waals surface area contributed by atoms with Gasteiger partial charge in [0.25, 0.3) is 5.56 Å². The zero-order chi connectivity index (χ0) is 21.9. The predicted octanol–water partition coefficient (Wildman–Crippen LogP) is 5.26. The first kappa shape index (κ1) is 19.5. The first-order valence-corrected chi connectivity index (χ1v) is 10.1. The molecule has 0 aliphatic heterocycles. The Bertz CT molecular complexity index is 1500. The number of aromatic nitrogens is 2. The first-order valence-electron chi connectivity index (χ1n) is 10.1. The van der Waals surface area contributed by atoms with Crippen molar-refractivity contribution in [2.45, 2.75) is 0 Å². The Morgan fingerprint density at radius 1 is 1.03 bits per heavy atom. The minimum Gasteiger partial charge on any atom is -0.489 e. The van der Waals surface area contributed by atoms with Crippen molar-refractivity contribution in [1.29, 1.82) is 0 Å². The second-order valence-corrected chi connectivity index (χ2v) is 7.10. The van der Waals surface area contributed by atoms with E-state index in [1.807, 2.05) is 60.7 Å². The smallest absolute Gasteiger partial charge is 0.282 e. The molecule has 0 bridgehead atoms. The van der Waals surface area contributed by atoms with Gasteiger partial charge >= 0.3 is 0 Å². The van der Waals surface area contributed by atoms with Crippen molar-refractivity contribution < 1.29 is 9.15 Å². The predicted molar refractivity (Wildman–Crippen MR) is 126 cm³/mol. The van der Waals surface area contributed by atoms with E-state index in [0.29, 0.717) is 40.4 Å². The van der Waals surface area contributed by atoms with E-state index in [4.69, 9.17) is 14.1 Å². The van der Waals surface area contributed by atoms with Gasteiger partial charge in [-0.05, 0) is 36.4 Å². The average molecular weight is 421 g/mol. The molecule has 0 amide bonds. The van der Waals surface area contributed by atoms with Crippen LogP contribution >= 0.6 is 0 Å². The third kappa shape index (κ3) is 3.58. The number of ether oxygens (including phenoxy) is 1. The molecule has 2 heterocycles. The molecule has 32 heavy (non-hydrogen) atoms. The van der Waals surface area contributed by atoms with E-state index in [2.05, 4.69) is 11.7 Å². The molecule has 0 fully saturated rings. The normalized spacial score (nSPS) is 11.4. The number of rotatable bonds is 6. The van der Waals surface area contributed by atoms with Crippen LogP contribution < -0.4 is 10.3 Å². The van der Waals surface area contributed by atoms with Crippen molar-refractivity contribution in [3.05, 3.63) is 107 Å². The van der Waals surface area contributed by atoms with Crippen molar-refractivity contribution in [1.82, 2.24) is 9.66 Å². The molecule has 6 nitrogen and oxygen atoms in total. The molecule has 156 valence electrons. The highest BCUT2D eigenvalue weighted by molar-refractivity contribution is 5.85. The standard InChI is InChI=1S/C26H19N3O3/c1-2-15-31-22-13-7-4-10-19(22)17-27-29-25(24-16-18-9-3-8-14-23(18)32-24)28-21-12-6-5-11-20(21)26(29)30/h2-14,16-17H,1,15H2. The van der Waals surface area contributed by atoms with Crippen LogP contribution in [-0.2, 0) is 0 Å². The van der Waals surface area contributed by atoms with Gasteiger partial charge in [-0.25, -0.2) is 4.98 Å². The van der Waals surface area contributed by atoms with Crippen LogP contribution in [0.5, 0.6) is 5.75 Å². The lowest BCUT2D eigenvalue weighted by Gasteiger charge is -2.09. The van der Waals surface area contributed by atoms with Crippen molar-refractivity contribution in [2.75, 3.05) is 6.61 Å². The van der Waals surface area contributed by atoms with E-state index in [1.54, 1.807) is 30.5 Å². The molecule has 0 radical (unpaired) electrons. The molecule has 3 aromatic carbocycles. The molecular formula is C26H19N3O3. The van der Waals surface area contributed by atoms with E-state index in [0.717, 1.165) is 10.9 Å². The van der Waals surface area contributed by atoms with Gasteiger partial charge in [0, 0.05) is 10.9 Å². The van der Waals surface area contributed by atoms with Crippen LogP contribution in [0.2, 0.25) is 0 Å². The fraction of sp³-hybridized carbons (Fsp3) is 0.0385. The molecule has 2 aromatic heterocycles. The fourth-order valence-corrected chi connectivity index (χ4v) is 3.47. The Kier molecular flexibility index (Phi) is 5.09. The number of hydrogen-bond donors (Lipinski definition) is 0. The monoisotopic (exact) mass is 421 g/mol. The van der Waals surface area contributed by atoms with Gasteiger partial charge in [0.15, 0.2) is 5.76 Å². The van der Waals surface area contributed by atoms with Crippen LogP contribution in [0, 0.1) is 0 Å². The van der Waals surface area contributed by atoms with Crippen molar-refractivity contribution >= 4 is 28.1 Å². The zero-order valence-electron chi connectivity index (χ0n) is 17.1. The molecule has 0 spiro atoms. The Hall–Kier alpha value is -4.45. The molecule has 0 unspecified atom stereocenters. The van der Waals surface area contributed by atoms with E-state index < -0.39 is 0 Å². The number of hydrogen-bond acceptors (Lipinski definition) is 5. The highest BCUT2D eigenvalue weighted by Gasteiger charge is 2.16. The molecule has 0 saturated carbocycles. The second-order valence-electron chi connectivity index (χ2n) is 7.10. The third-order valence-electron chi connectivity index (χ3n) is 4.99. The minimum atomic E-state index is -0.285. The second kappa shape index (κ2) is 8.35. The largest absolute Gasteiger partial charge is 0.489 e. The van der Waals surface area contributed by atoms with Gasteiger partial charge in [-0.15, -0.1) is 0 Å². The third-order valence-corrected chi connectivity index (χ3v) is 4.99. The first-order chi connectivity index (χ1) is 15.7. The van der Waals surface area contributed by atoms with Crippen molar-refractivity contribution in [3.63, 3.8) is 0 Å². The molecule has 0 N–H and O–H groups in total. The lowest BCUT2D eigenvalue weighted by Crippen LogP contribution is -2.20. The van der Waals surface area contributed by atoms with E-state index in [-0.39, 0.29) is 5.56 Å². The van der Waals surface area contributed by atoms with Crippen LogP contribution in [0.15, 0.2) is 106 Å². The summed E-state index contributed by atoms with van der Waals surface area (Å²) in [6, 6.07) is 24.2. The van der Waals surface area contributed by atoms with Gasteiger partial charge in [0.2, 0.25) is 5.82 Å². The van der Waals surface area contributed by atoms with Crippen LogP contribution in [0.25, 0.3) is 33.5 Å². The summed E-state index contributed by atoms with van der Waals surface area (Å²) in [5, 5.41) is 5.89. The summed E-state index contributed by atoms with van der Waals surface area (Å²) in [6.07, 6.45) is 3.26. The maximum atomic E-state index is 13.3. The maximum Gasteiger partial charge on any atom is 0.282 e. The SMILES string of the molecule is C=CCOc1ccccc1C=Nn1c(-c2cc3ccccc3o2)nc2ccccc2c1=O. The Morgan fingerprint density at radius 2 is 1.81 bits per heavy atom. The molecule has 0 aliphatic carbocycles. The van der Waals surface area contributed by atoms with Gasteiger partial charge in [-0.1, -0.05) is 55.1 Å². The van der Waals surface area contributed by atoms with Gasteiger partial charge < -0.3 is 9.15 Å². The summed E-state index contributed by atoms with van der Waals surface area (Å²) in [4.78, 5) is 18.0. The molecule has 0 atom stereocenters. The number of benzene rings is 3. The van der Waals surface area contributed by atoms with Crippen molar-refractivity contribution in [2.24, 2.45) is 5.10 Å². The molecule has 5 rings (SSSR count).